The van der Waals surface area contributed by atoms with Gasteiger partial charge < -0.3 is 5.32 Å². The molecule has 0 radical (unpaired) electrons. The van der Waals surface area contributed by atoms with Gasteiger partial charge in [-0.1, -0.05) is 6.07 Å². The van der Waals surface area contributed by atoms with Crippen molar-refractivity contribution >= 4 is 17.2 Å². The van der Waals surface area contributed by atoms with Crippen LogP contribution in [0.2, 0.25) is 0 Å². The molecule has 5 heteroatoms. The number of hydrogen-bond acceptors (Lipinski definition) is 4. The zero-order valence-electron chi connectivity index (χ0n) is 13.5. The number of aromatic nitrogens is 1. The van der Waals surface area contributed by atoms with Crippen LogP contribution in [0.25, 0.3) is 0 Å². The van der Waals surface area contributed by atoms with Gasteiger partial charge in [-0.3, -0.25) is 14.7 Å². The zero-order valence-corrected chi connectivity index (χ0v) is 14.4. The number of amides is 1. The van der Waals surface area contributed by atoms with E-state index in [9.17, 15) is 4.79 Å². The molecule has 0 spiro atoms. The molecule has 0 unspecified atom stereocenters. The van der Waals surface area contributed by atoms with Crippen molar-refractivity contribution in [3.8, 4) is 0 Å². The molecule has 2 aromatic heterocycles. The fourth-order valence-corrected chi connectivity index (χ4v) is 4.21. The molecule has 0 atom stereocenters. The summed E-state index contributed by atoms with van der Waals surface area (Å²) in [6.07, 6.45) is 8.56. The Morgan fingerprint density at radius 2 is 2.26 bits per heavy atom. The second kappa shape index (κ2) is 7.70. The summed E-state index contributed by atoms with van der Waals surface area (Å²) in [5.74, 6) is 0.0761. The molecule has 0 fully saturated rings. The summed E-state index contributed by atoms with van der Waals surface area (Å²) >= 11 is 1.85. The van der Waals surface area contributed by atoms with Gasteiger partial charge in [-0.05, 0) is 60.9 Å². The highest BCUT2D eigenvalue weighted by molar-refractivity contribution is 7.10. The first kappa shape index (κ1) is 16.1. The first-order valence-electron chi connectivity index (χ1n) is 8.14. The Balaban J connectivity index is 1.47. The van der Waals surface area contributed by atoms with Crippen LogP contribution in [-0.2, 0) is 30.7 Å². The molecule has 23 heavy (non-hydrogen) atoms. The van der Waals surface area contributed by atoms with E-state index in [0.717, 1.165) is 12.1 Å². The van der Waals surface area contributed by atoms with E-state index < -0.39 is 0 Å². The third kappa shape index (κ3) is 4.39. The Kier molecular flexibility index (Phi) is 5.41. The lowest BCUT2D eigenvalue weighted by molar-refractivity contribution is -0.122. The number of hydrogen-bond donors (Lipinski definition) is 1. The van der Waals surface area contributed by atoms with Crippen LogP contribution in [-0.4, -0.2) is 29.4 Å². The summed E-state index contributed by atoms with van der Waals surface area (Å²) in [5, 5.41) is 5.28. The highest BCUT2D eigenvalue weighted by atomic mass is 32.1. The van der Waals surface area contributed by atoms with Gasteiger partial charge >= 0.3 is 0 Å². The summed E-state index contributed by atoms with van der Waals surface area (Å²) in [6.45, 7) is 1.79. The van der Waals surface area contributed by atoms with Gasteiger partial charge in [0.1, 0.15) is 0 Å². The summed E-state index contributed by atoms with van der Waals surface area (Å²) < 4.78 is 0. The monoisotopic (exact) mass is 329 g/mol. The van der Waals surface area contributed by atoms with E-state index in [0.29, 0.717) is 13.1 Å². The fourth-order valence-electron chi connectivity index (χ4n) is 3.06. The number of likely N-dealkylation sites (N-methyl/N-ethyl adjacent to an activating group) is 1. The maximum atomic E-state index is 12.1. The van der Waals surface area contributed by atoms with Crippen molar-refractivity contribution in [1.82, 2.24) is 15.2 Å². The molecule has 0 aromatic carbocycles. The second-order valence-electron chi connectivity index (χ2n) is 6.18. The molecular weight excluding hydrogens is 306 g/mol. The SMILES string of the molecule is CN(CC(=O)NCc1csc2c1CCCC2)Cc1cccnc1. The van der Waals surface area contributed by atoms with Gasteiger partial charge in [-0.2, -0.15) is 0 Å². The number of carbonyl (C=O) groups is 1. The average molecular weight is 329 g/mol. The van der Waals surface area contributed by atoms with Crippen LogP contribution < -0.4 is 5.32 Å². The molecule has 3 rings (SSSR count). The Hall–Kier alpha value is -1.72. The number of aryl methyl sites for hydroxylation is 1. The molecule has 0 bridgehead atoms. The van der Waals surface area contributed by atoms with Crippen LogP contribution in [0.4, 0.5) is 0 Å². The average Bonchev–Trinajstić information content (AvgIpc) is 2.97. The lowest BCUT2D eigenvalue weighted by Crippen LogP contribution is -2.34. The van der Waals surface area contributed by atoms with Gasteiger partial charge in [0, 0.05) is 30.4 Å². The molecule has 122 valence electrons. The van der Waals surface area contributed by atoms with Crippen LogP contribution >= 0.6 is 11.3 Å². The van der Waals surface area contributed by atoms with E-state index in [2.05, 4.69) is 15.7 Å². The number of fused-ring (bicyclic) bond motifs is 1. The number of nitrogens with one attached hydrogen (secondary N) is 1. The largest absolute Gasteiger partial charge is 0.351 e. The van der Waals surface area contributed by atoms with Gasteiger partial charge in [0.05, 0.1) is 6.54 Å². The normalized spacial score (nSPS) is 13.8. The third-order valence-corrected chi connectivity index (χ3v) is 5.35. The van der Waals surface area contributed by atoms with Crippen molar-refractivity contribution in [2.24, 2.45) is 0 Å². The number of thiophene rings is 1. The van der Waals surface area contributed by atoms with Crippen LogP contribution in [0.3, 0.4) is 0 Å². The van der Waals surface area contributed by atoms with Crippen LogP contribution in [0, 0.1) is 0 Å². The Labute approximate surface area is 141 Å². The minimum atomic E-state index is 0.0761. The van der Waals surface area contributed by atoms with Gasteiger partial charge in [0.15, 0.2) is 0 Å². The number of rotatable bonds is 6. The van der Waals surface area contributed by atoms with Crippen molar-refractivity contribution in [3.05, 3.63) is 51.5 Å². The van der Waals surface area contributed by atoms with Crippen molar-refractivity contribution in [1.29, 1.82) is 0 Å². The minimum absolute atomic E-state index is 0.0761. The van der Waals surface area contributed by atoms with Gasteiger partial charge in [-0.15, -0.1) is 11.3 Å². The number of carbonyl (C=O) groups excluding carboxylic acids is 1. The molecule has 1 N–H and O–H groups in total. The molecule has 4 nitrogen and oxygen atoms in total. The molecule has 1 aliphatic carbocycles. The third-order valence-electron chi connectivity index (χ3n) is 4.21. The van der Waals surface area contributed by atoms with Gasteiger partial charge in [-0.25, -0.2) is 0 Å². The van der Waals surface area contributed by atoms with E-state index in [1.165, 1.54) is 41.7 Å². The lowest BCUT2D eigenvalue weighted by atomic mass is 9.96. The summed E-state index contributed by atoms with van der Waals surface area (Å²) in [5.41, 5.74) is 3.92. The van der Waals surface area contributed by atoms with E-state index in [4.69, 9.17) is 0 Å². The fraction of sp³-hybridized carbons (Fsp3) is 0.444. The van der Waals surface area contributed by atoms with Crippen molar-refractivity contribution in [3.63, 3.8) is 0 Å². The van der Waals surface area contributed by atoms with Crippen molar-refractivity contribution in [2.75, 3.05) is 13.6 Å². The summed E-state index contributed by atoms with van der Waals surface area (Å²) in [4.78, 5) is 19.8. The lowest BCUT2D eigenvalue weighted by Gasteiger charge is -2.17. The second-order valence-corrected chi connectivity index (χ2v) is 7.14. The zero-order chi connectivity index (χ0) is 16.1. The summed E-state index contributed by atoms with van der Waals surface area (Å²) in [7, 11) is 1.96. The smallest absolute Gasteiger partial charge is 0.234 e. The van der Waals surface area contributed by atoms with Crippen LogP contribution in [0.5, 0.6) is 0 Å². The highest BCUT2D eigenvalue weighted by Gasteiger charge is 2.16. The molecule has 0 saturated carbocycles. The maximum Gasteiger partial charge on any atom is 0.234 e. The molecular formula is C18H23N3OS. The minimum Gasteiger partial charge on any atom is -0.351 e. The molecule has 2 aromatic rings. The van der Waals surface area contributed by atoms with Crippen molar-refractivity contribution in [2.45, 2.75) is 38.8 Å². The Morgan fingerprint density at radius 1 is 1.39 bits per heavy atom. The van der Waals surface area contributed by atoms with E-state index in [1.54, 1.807) is 6.20 Å². The van der Waals surface area contributed by atoms with E-state index in [1.807, 2.05) is 41.6 Å². The van der Waals surface area contributed by atoms with Crippen LogP contribution in [0.1, 0.15) is 34.4 Å². The first-order chi connectivity index (χ1) is 11.2. The van der Waals surface area contributed by atoms with E-state index >= 15 is 0 Å². The Bertz CT molecular complexity index is 654. The molecule has 0 saturated heterocycles. The van der Waals surface area contributed by atoms with Gasteiger partial charge in [0.25, 0.3) is 0 Å². The predicted octanol–water partition coefficient (Wildman–Crippen LogP) is 2.77. The van der Waals surface area contributed by atoms with Crippen LogP contribution in [0.15, 0.2) is 29.9 Å². The Morgan fingerprint density at radius 3 is 3.09 bits per heavy atom. The van der Waals surface area contributed by atoms with Gasteiger partial charge in [0.2, 0.25) is 5.91 Å². The molecule has 0 aliphatic heterocycles. The first-order valence-corrected chi connectivity index (χ1v) is 9.02. The van der Waals surface area contributed by atoms with Crippen molar-refractivity contribution < 1.29 is 4.79 Å². The molecule has 1 amide bonds. The maximum absolute atomic E-state index is 12.1. The standard InChI is InChI=1S/C18H23N3OS/c1-21(11-14-5-4-8-19-9-14)12-18(22)20-10-15-13-23-17-7-3-2-6-16(15)17/h4-5,8-9,13H,2-3,6-7,10-12H2,1H3,(H,20,22). The summed E-state index contributed by atoms with van der Waals surface area (Å²) in [6, 6.07) is 3.95. The number of nitrogens with zero attached hydrogens (tertiary/aromatic N) is 2. The topological polar surface area (TPSA) is 45.2 Å². The highest BCUT2D eigenvalue weighted by Crippen LogP contribution is 2.30. The predicted molar refractivity (Wildman–Crippen MR) is 93.4 cm³/mol. The quantitative estimate of drug-likeness (QED) is 0.886. The molecule has 1 aliphatic rings. The molecule has 2 heterocycles. The van der Waals surface area contributed by atoms with E-state index in [-0.39, 0.29) is 5.91 Å². The number of pyridine rings is 1.